The zero-order valence-corrected chi connectivity index (χ0v) is 14.2. The molecular formula is C18H19N5O2. The highest BCUT2D eigenvalue weighted by molar-refractivity contribution is 5.86. The van der Waals surface area contributed by atoms with Gasteiger partial charge in [0.2, 0.25) is 0 Å². The van der Waals surface area contributed by atoms with Crippen molar-refractivity contribution >= 4 is 6.21 Å². The molecular weight excluding hydrogens is 318 g/mol. The van der Waals surface area contributed by atoms with Gasteiger partial charge in [0.05, 0.1) is 11.9 Å². The molecule has 0 aliphatic heterocycles. The molecule has 0 unspecified atom stereocenters. The summed E-state index contributed by atoms with van der Waals surface area (Å²) in [4.78, 5) is 17.5. The number of hydrogen-bond acceptors (Lipinski definition) is 5. The van der Waals surface area contributed by atoms with Crippen LogP contribution in [-0.2, 0) is 18.3 Å². The quantitative estimate of drug-likeness (QED) is 0.391. The second-order valence-corrected chi connectivity index (χ2v) is 5.61. The third kappa shape index (κ3) is 3.82. The highest BCUT2D eigenvalue weighted by Crippen LogP contribution is 2.14. The lowest BCUT2D eigenvalue weighted by atomic mass is 10.1. The number of nitrogens with zero attached hydrogens (tertiary/aromatic N) is 5. The number of oxime groups is 1. The zero-order chi connectivity index (χ0) is 17.6. The molecule has 128 valence electrons. The van der Waals surface area contributed by atoms with E-state index in [1.807, 2.05) is 49.4 Å². The molecule has 0 spiro atoms. The van der Waals surface area contributed by atoms with E-state index in [1.54, 1.807) is 19.3 Å². The lowest BCUT2D eigenvalue weighted by Crippen LogP contribution is -2.23. The third-order valence-electron chi connectivity index (χ3n) is 3.83. The molecule has 2 aromatic carbocycles. The van der Waals surface area contributed by atoms with Crippen molar-refractivity contribution in [3.8, 4) is 5.69 Å². The summed E-state index contributed by atoms with van der Waals surface area (Å²) in [6.45, 7) is 2.42. The number of tetrazole rings is 1. The van der Waals surface area contributed by atoms with Crippen molar-refractivity contribution in [1.29, 1.82) is 0 Å². The molecule has 0 saturated carbocycles. The predicted molar refractivity (Wildman–Crippen MR) is 95.0 cm³/mol. The molecule has 0 fully saturated rings. The van der Waals surface area contributed by atoms with Crippen LogP contribution in [-0.4, -0.2) is 32.6 Å². The van der Waals surface area contributed by atoms with E-state index in [0.29, 0.717) is 12.3 Å². The average molecular weight is 337 g/mol. The van der Waals surface area contributed by atoms with Crippen molar-refractivity contribution < 1.29 is 4.84 Å². The molecule has 0 radical (unpaired) electrons. The second kappa shape index (κ2) is 7.57. The fraction of sp³-hybridized carbons (Fsp3) is 0.222. The van der Waals surface area contributed by atoms with Gasteiger partial charge in [-0.1, -0.05) is 47.6 Å². The minimum atomic E-state index is -0.315. The first kappa shape index (κ1) is 16.6. The monoisotopic (exact) mass is 337 g/mol. The number of rotatable bonds is 6. The van der Waals surface area contributed by atoms with Crippen LogP contribution in [0.2, 0.25) is 0 Å². The van der Waals surface area contributed by atoms with Crippen LogP contribution < -0.4 is 5.69 Å². The largest absolute Gasteiger partial charge is 0.395 e. The summed E-state index contributed by atoms with van der Waals surface area (Å²) in [5.74, 6) is 0. The molecule has 0 N–H and O–H groups in total. The highest BCUT2D eigenvalue weighted by atomic mass is 16.6. The van der Waals surface area contributed by atoms with Crippen LogP contribution in [0.25, 0.3) is 5.69 Å². The van der Waals surface area contributed by atoms with Gasteiger partial charge in [0.1, 0.15) is 6.61 Å². The Bertz CT molecular complexity index is 928. The molecule has 0 saturated heterocycles. The summed E-state index contributed by atoms with van der Waals surface area (Å²) in [7, 11) is 1.56. The molecule has 0 aliphatic rings. The lowest BCUT2D eigenvalue weighted by Gasteiger charge is -2.07. The second-order valence-electron chi connectivity index (χ2n) is 5.61. The van der Waals surface area contributed by atoms with Gasteiger partial charge in [-0.2, -0.15) is 9.36 Å². The van der Waals surface area contributed by atoms with Crippen molar-refractivity contribution in [2.24, 2.45) is 12.2 Å². The van der Waals surface area contributed by atoms with Crippen LogP contribution in [0.15, 0.2) is 58.5 Å². The first-order valence-corrected chi connectivity index (χ1v) is 7.95. The van der Waals surface area contributed by atoms with E-state index < -0.39 is 0 Å². The Hall–Kier alpha value is -3.22. The Balaban J connectivity index is 1.74. The van der Waals surface area contributed by atoms with Crippen LogP contribution in [0.3, 0.4) is 0 Å². The Morgan fingerprint density at radius 3 is 2.64 bits per heavy atom. The normalized spacial score (nSPS) is 11.1. The van der Waals surface area contributed by atoms with Gasteiger partial charge in [-0.05, 0) is 34.5 Å². The van der Waals surface area contributed by atoms with Gasteiger partial charge >= 0.3 is 5.69 Å². The minimum absolute atomic E-state index is 0.315. The Labute approximate surface area is 145 Å². The van der Waals surface area contributed by atoms with Crippen LogP contribution in [0.4, 0.5) is 0 Å². The molecule has 7 heteroatoms. The minimum Gasteiger partial charge on any atom is -0.395 e. The van der Waals surface area contributed by atoms with Gasteiger partial charge < -0.3 is 4.84 Å². The zero-order valence-electron chi connectivity index (χ0n) is 14.2. The topological polar surface area (TPSA) is 74.3 Å². The predicted octanol–water partition coefficient (Wildman–Crippen LogP) is 1.87. The van der Waals surface area contributed by atoms with Crippen molar-refractivity contribution in [2.45, 2.75) is 13.3 Å². The van der Waals surface area contributed by atoms with E-state index in [1.165, 1.54) is 14.9 Å². The van der Waals surface area contributed by atoms with Crippen LogP contribution >= 0.6 is 0 Å². The Morgan fingerprint density at radius 1 is 1.12 bits per heavy atom. The number of hydrogen-bond donors (Lipinski definition) is 0. The standard InChI is InChI=1S/C18H19N5O2/c1-14-7-6-10-17(23-18(24)22(2)20-21-23)16(14)13-19-25-12-11-15-8-4-3-5-9-15/h3-10,13H,11-12H2,1-2H3. The number of aromatic nitrogens is 4. The molecule has 7 nitrogen and oxygen atoms in total. The molecule has 0 amide bonds. The van der Waals surface area contributed by atoms with Gasteiger partial charge in [-0.3, -0.25) is 0 Å². The fourth-order valence-electron chi connectivity index (χ4n) is 2.43. The average Bonchev–Trinajstić information content (AvgIpc) is 2.96. The van der Waals surface area contributed by atoms with Gasteiger partial charge in [-0.15, -0.1) is 0 Å². The Morgan fingerprint density at radius 2 is 1.92 bits per heavy atom. The molecule has 0 atom stereocenters. The maximum absolute atomic E-state index is 12.1. The van der Waals surface area contributed by atoms with Gasteiger partial charge in [0, 0.05) is 19.0 Å². The van der Waals surface area contributed by atoms with E-state index in [9.17, 15) is 4.79 Å². The summed E-state index contributed by atoms with van der Waals surface area (Å²) in [6, 6.07) is 15.7. The summed E-state index contributed by atoms with van der Waals surface area (Å²) < 4.78 is 2.43. The molecule has 0 bridgehead atoms. The molecule has 3 aromatic rings. The molecule has 1 aromatic heterocycles. The van der Waals surface area contributed by atoms with Crippen molar-refractivity contribution in [1.82, 2.24) is 19.8 Å². The maximum atomic E-state index is 12.1. The van der Waals surface area contributed by atoms with E-state index >= 15 is 0 Å². The smallest absolute Gasteiger partial charge is 0.368 e. The maximum Gasteiger partial charge on any atom is 0.368 e. The SMILES string of the molecule is Cc1cccc(-n2nnn(C)c2=O)c1C=NOCCc1ccccc1. The van der Waals surface area contributed by atoms with Gasteiger partial charge in [0.25, 0.3) is 0 Å². The van der Waals surface area contributed by atoms with Crippen LogP contribution in [0, 0.1) is 6.92 Å². The summed E-state index contributed by atoms with van der Waals surface area (Å²) in [6.07, 6.45) is 2.39. The van der Waals surface area contributed by atoms with Crippen molar-refractivity contribution in [3.05, 3.63) is 75.7 Å². The van der Waals surface area contributed by atoms with Crippen molar-refractivity contribution in [2.75, 3.05) is 6.61 Å². The van der Waals surface area contributed by atoms with E-state index in [-0.39, 0.29) is 5.69 Å². The molecule has 0 aliphatic carbocycles. The summed E-state index contributed by atoms with van der Waals surface area (Å²) in [5.41, 5.74) is 3.23. The summed E-state index contributed by atoms with van der Waals surface area (Å²) >= 11 is 0. The van der Waals surface area contributed by atoms with E-state index in [0.717, 1.165) is 17.5 Å². The van der Waals surface area contributed by atoms with E-state index in [4.69, 9.17) is 4.84 Å². The highest BCUT2D eigenvalue weighted by Gasteiger charge is 2.11. The Kier molecular flexibility index (Phi) is 5.03. The van der Waals surface area contributed by atoms with Gasteiger partial charge in [0.15, 0.2) is 0 Å². The third-order valence-corrected chi connectivity index (χ3v) is 3.83. The number of aryl methyl sites for hydroxylation is 2. The lowest BCUT2D eigenvalue weighted by molar-refractivity contribution is 0.149. The van der Waals surface area contributed by atoms with Crippen molar-refractivity contribution in [3.63, 3.8) is 0 Å². The molecule has 3 rings (SSSR count). The first-order chi connectivity index (χ1) is 12.2. The summed E-state index contributed by atoms with van der Waals surface area (Å²) in [5, 5.41) is 11.7. The van der Waals surface area contributed by atoms with E-state index in [2.05, 4.69) is 15.6 Å². The fourth-order valence-corrected chi connectivity index (χ4v) is 2.43. The van der Waals surface area contributed by atoms with Crippen LogP contribution in [0.5, 0.6) is 0 Å². The van der Waals surface area contributed by atoms with Gasteiger partial charge in [-0.25, -0.2) is 4.79 Å². The molecule has 1 heterocycles. The number of benzene rings is 2. The van der Waals surface area contributed by atoms with Crippen LogP contribution in [0.1, 0.15) is 16.7 Å². The first-order valence-electron chi connectivity index (χ1n) is 7.95. The molecule has 25 heavy (non-hydrogen) atoms.